The topological polar surface area (TPSA) is 243 Å². The smallest absolute Gasteiger partial charge is 0.328 e. The van der Waals surface area contributed by atoms with Crippen molar-refractivity contribution in [2.75, 3.05) is 27.3 Å². The van der Waals surface area contributed by atoms with E-state index < -0.39 is 47.7 Å². The van der Waals surface area contributed by atoms with E-state index in [0.29, 0.717) is 25.8 Å². The number of hydrogen-bond acceptors (Lipinski definition) is 9. The highest BCUT2D eigenvalue weighted by Crippen LogP contribution is 2.26. The first-order valence-corrected chi connectivity index (χ1v) is 11.0. The second kappa shape index (κ2) is 16.5. The molecule has 0 radical (unpaired) electrons. The third-order valence-corrected chi connectivity index (χ3v) is 5.57. The van der Waals surface area contributed by atoms with E-state index in [2.05, 4.69) is 20.8 Å². The molecule has 0 aliphatic carbocycles. The minimum atomic E-state index is -0.905. The van der Waals surface area contributed by atoms with E-state index in [1.165, 1.54) is 14.2 Å². The molecular formula is C20H40N8O6. The second-order valence-electron chi connectivity index (χ2n) is 7.91. The molecule has 0 aromatic rings. The number of ether oxygens (including phenoxy) is 2. The maximum Gasteiger partial charge on any atom is 0.328 e. The molecule has 14 heteroatoms. The van der Waals surface area contributed by atoms with Crippen molar-refractivity contribution in [3.63, 3.8) is 0 Å². The summed E-state index contributed by atoms with van der Waals surface area (Å²) in [5.74, 6) is -3.74. The Bertz CT molecular complexity index is 709. The Morgan fingerprint density at radius 1 is 0.882 bits per heavy atom. The van der Waals surface area contributed by atoms with E-state index in [1.807, 2.05) is 0 Å². The van der Waals surface area contributed by atoms with E-state index >= 15 is 0 Å². The van der Waals surface area contributed by atoms with Crippen LogP contribution in [0.2, 0.25) is 0 Å². The molecule has 1 amide bonds. The lowest BCUT2D eigenvalue weighted by atomic mass is 9.80. The van der Waals surface area contributed by atoms with Crippen molar-refractivity contribution in [2.45, 2.75) is 51.6 Å². The quantitative estimate of drug-likeness (QED) is 0.0418. The third kappa shape index (κ3) is 11.1. The first kappa shape index (κ1) is 30.9. The Kier molecular flexibility index (Phi) is 15.0. The molecule has 0 aromatic carbocycles. The molecule has 34 heavy (non-hydrogen) atoms. The predicted octanol–water partition coefficient (Wildman–Crippen LogP) is -1.84. The fraction of sp³-hybridized carbons (Fsp3) is 0.750. The molecule has 0 fully saturated rings. The minimum Gasteiger partial charge on any atom is -0.469 e. The molecule has 0 rings (SSSR count). The summed E-state index contributed by atoms with van der Waals surface area (Å²) in [6.45, 7) is 3.91. The SMILES string of the molecule is COC(=O)C(CCCN=C(N)N)NC(=O)C(C)C(C)C(NO)C(CCCN=C(N)N)C(=O)OC. The maximum atomic E-state index is 12.9. The highest BCUT2D eigenvalue weighted by molar-refractivity contribution is 5.85. The van der Waals surface area contributed by atoms with Gasteiger partial charge in [-0.1, -0.05) is 13.8 Å². The number of carbonyl (C=O) groups excluding carboxylic acids is 3. The van der Waals surface area contributed by atoms with E-state index in [-0.39, 0.29) is 24.9 Å². The lowest BCUT2D eigenvalue weighted by Crippen LogP contribution is -2.50. The predicted molar refractivity (Wildman–Crippen MR) is 126 cm³/mol. The van der Waals surface area contributed by atoms with Crippen LogP contribution in [0.15, 0.2) is 9.98 Å². The molecule has 196 valence electrons. The van der Waals surface area contributed by atoms with Gasteiger partial charge in [-0.3, -0.25) is 19.6 Å². The maximum absolute atomic E-state index is 12.9. The summed E-state index contributed by atoms with van der Waals surface area (Å²) in [5, 5.41) is 12.5. The van der Waals surface area contributed by atoms with Gasteiger partial charge in [-0.05, 0) is 31.6 Å². The van der Waals surface area contributed by atoms with E-state index in [9.17, 15) is 19.6 Å². The number of nitrogens with two attached hydrogens (primary N) is 4. The largest absolute Gasteiger partial charge is 0.469 e. The van der Waals surface area contributed by atoms with Crippen molar-refractivity contribution < 1.29 is 29.1 Å². The number of hydrogen-bond donors (Lipinski definition) is 7. The highest BCUT2D eigenvalue weighted by atomic mass is 16.5. The molecule has 14 nitrogen and oxygen atoms in total. The van der Waals surface area contributed by atoms with Gasteiger partial charge in [0.05, 0.1) is 20.1 Å². The fourth-order valence-corrected chi connectivity index (χ4v) is 3.44. The van der Waals surface area contributed by atoms with Crippen molar-refractivity contribution in [3.8, 4) is 0 Å². The Hall–Kier alpha value is -3.13. The normalized spacial score (nSPS) is 15.1. The van der Waals surface area contributed by atoms with Gasteiger partial charge in [0.25, 0.3) is 0 Å². The van der Waals surface area contributed by atoms with Crippen molar-refractivity contribution in [2.24, 2.45) is 50.7 Å². The number of rotatable bonds is 16. The van der Waals surface area contributed by atoms with Crippen LogP contribution in [-0.4, -0.2) is 74.4 Å². The molecule has 0 saturated carbocycles. The summed E-state index contributed by atoms with van der Waals surface area (Å²) in [5.41, 5.74) is 23.3. The van der Waals surface area contributed by atoms with E-state index in [0.717, 1.165) is 0 Å². The van der Waals surface area contributed by atoms with Crippen LogP contribution in [0.5, 0.6) is 0 Å². The van der Waals surface area contributed by atoms with Gasteiger partial charge in [0.1, 0.15) is 6.04 Å². The fourth-order valence-electron chi connectivity index (χ4n) is 3.44. The lowest BCUT2D eigenvalue weighted by molar-refractivity contribution is -0.150. The zero-order valence-electron chi connectivity index (χ0n) is 20.3. The number of esters is 2. The lowest BCUT2D eigenvalue weighted by Gasteiger charge is -2.32. The number of nitrogens with zero attached hydrogens (tertiary/aromatic N) is 2. The monoisotopic (exact) mass is 488 g/mol. The molecule has 0 aliphatic rings. The molecule has 11 N–H and O–H groups in total. The number of nitrogens with one attached hydrogen (secondary N) is 2. The van der Waals surface area contributed by atoms with Gasteiger partial charge in [-0.2, -0.15) is 0 Å². The zero-order valence-corrected chi connectivity index (χ0v) is 20.3. The van der Waals surface area contributed by atoms with Gasteiger partial charge >= 0.3 is 11.9 Å². The number of guanidine groups is 2. The van der Waals surface area contributed by atoms with Crippen molar-refractivity contribution in [1.82, 2.24) is 10.8 Å². The molecule has 0 bridgehead atoms. The molecule has 0 saturated heterocycles. The van der Waals surface area contributed by atoms with Crippen LogP contribution in [0.4, 0.5) is 0 Å². The Balaban J connectivity index is 5.34. The van der Waals surface area contributed by atoms with Crippen LogP contribution < -0.4 is 33.7 Å². The number of methoxy groups -OCH3 is 2. The minimum absolute atomic E-state index is 0.0661. The standard InChI is InChI=1S/C20H40N8O6/c1-11(15(28-32)13(17(30)33-3)7-5-9-25-19(21)22)12(2)16(29)27-14(18(31)34-4)8-6-10-26-20(23)24/h11-15,28,32H,5-10H2,1-4H3,(H,27,29)(H4,21,22,25)(H4,23,24,26). The van der Waals surface area contributed by atoms with Crippen LogP contribution in [0.3, 0.4) is 0 Å². The Morgan fingerprint density at radius 2 is 1.38 bits per heavy atom. The first-order valence-electron chi connectivity index (χ1n) is 11.0. The van der Waals surface area contributed by atoms with E-state index in [1.54, 1.807) is 13.8 Å². The summed E-state index contributed by atoms with van der Waals surface area (Å²) in [7, 11) is 2.46. The van der Waals surface area contributed by atoms with Crippen molar-refractivity contribution in [3.05, 3.63) is 0 Å². The molecule has 0 spiro atoms. The summed E-state index contributed by atoms with van der Waals surface area (Å²) < 4.78 is 9.66. The summed E-state index contributed by atoms with van der Waals surface area (Å²) >= 11 is 0. The highest BCUT2D eigenvalue weighted by Gasteiger charge is 2.37. The van der Waals surface area contributed by atoms with Crippen LogP contribution in [0.25, 0.3) is 0 Å². The Morgan fingerprint density at radius 3 is 1.82 bits per heavy atom. The summed E-state index contributed by atoms with van der Waals surface area (Å²) in [4.78, 5) is 45.2. The number of amides is 1. The van der Waals surface area contributed by atoms with Gasteiger partial charge in [0, 0.05) is 25.0 Å². The molecule has 0 heterocycles. The second-order valence-corrected chi connectivity index (χ2v) is 7.91. The van der Waals surface area contributed by atoms with Crippen LogP contribution >= 0.6 is 0 Å². The third-order valence-electron chi connectivity index (χ3n) is 5.57. The zero-order chi connectivity index (χ0) is 26.3. The van der Waals surface area contributed by atoms with Gasteiger partial charge in [0.2, 0.25) is 5.91 Å². The number of hydroxylamine groups is 1. The Labute approximate surface area is 199 Å². The summed E-state index contributed by atoms with van der Waals surface area (Å²) in [6, 6.07) is -1.72. The van der Waals surface area contributed by atoms with Crippen LogP contribution in [-0.2, 0) is 23.9 Å². The van der Waals surface area contributed by atoms with Crippen molar-refractivity contribution in [1.29, 1.82) is 0 Å². The van der Waals surface area contributed by atoms with Crippen molar-refractivity contribution >= 4 is 29.8 Å². The van der Waals surface area contributed by atoms with Gasteiger partial charge < -0.3 is 42.9 Å². The first-order chi connectivity index (χ1) is 16.0. The number of carbonyl (C=O) groups is 3. The average Bonchev–Trinajstić information content (AvgIpc) is 2.80. The molecule has 5 atom stereocenters. The molecular weight excluding hydrogens is 448 g/mol. The average molecular weight is 489 g/mol. The molecule has 0 aliphatic heterocycles. The van der Waals surface area contributed by atoms with Crippen LogP contribution in [0.1, 0.15) is 39.5 Å². The van der Waals surface area contributed by atoms with Crippen LogP contribution in [0, 0.1) is 17.8 Å². The number of aliphatic imine (C=N–C) groups is 2. The summed E-state index contributed by atoms with van der Waals surface area (Å²) in [6.07, 6.45) is 1.44. The van der Waals surface area contributed by atoms with E-state index in [4.69, 9.17) is 32.4 Å². The van der Waals surface area contributed by atoms with Gasteiger partial charge in [-0.25, -0.2) is 10.3 Å². The van der Waals surface area contributed by atoms with Gasteiger partial charge in [-0.15, -0.1) is 0 Å². The molecule has 0 aromatic heterocycles. The molecule has 5 unspecified atom stereocenters. The van der Waals surface area contributed by atoms with Gasteiger partial charge in [0.15, 0.2) is 11.9 Å².